The molecule has 0 bridgehead atoms. The van der Waals surface area contributed by atoms with Gasteiger partial charge in [0.2, 0.25) is 0 Å². The summed E-state index contributed by atoms with van der Waals surface area (Å²) in [7, 11) is 0. The van der Waals surface area contributed by atoms with Crippen LogP contribution in [0.4, 0.5) is 4.79 Å². The molecule has 2 amide bonds. The Morgan fingerprint density at radius 1 is 1.47 bits per heavy atom. The summed E-state index contributed by atoms with van der Waals surface area (Å²) in [6.07, 6.45) is 2.12. The van der Waals surface area contributed by atoms with Crippen LogP contribution in [-0.4, -0.2) is 29.2 Å². The number of hydrogen-bond donors (Lipinski definition) is 3. The second-order valence-electron chi connectivity index (χ2n) is 3.35. The molecule has 0 aliphatic carbocycles. The van der Waals surface area contributed by atoms with E-state index in [0.29, 0.717) is 6.42 Å². The Labute approximate surface area is 89.6 Å². The highest BCUT2D eigenvalue weighted by Gasteiger charge is 2.14. The average Bonchev–Trinajstić information content (AvgIpc) is 2.15. The molecular formula is C10H18N2O3. The van der Waals surface area contributed by atoms with E-state index < -0.39 is 5.97 Å². The topological polar surface area (TPSA) is 78.4 Å². The van der Waals surface area contributed by atoms with Crippen LogP contribution < -0.4 is 10.6 Å². The molecule has 0 saturated carbocycles. The Bertz CT molecular complexity index is 241. The van der Waals surface area contributed by atoms with E-state index in [0.717, 1.165) is 0 Å². The Morgan fingerprint density at radius 3 is 2.47 bits per heavy atom. The summed E-state index contributed by atoms with van der Waals surface area (Å²) in [5, 5.41) is 13.8. The lowest BCUT2D eigenvalue weighted by Crippen LogP contribution is -2.45. The highest BCUT2D eigenvalue weighted by Crippen LogP contribution is 1.97. The van der Waals surface area contributed by atoms with Crippen molar-refractivity contribution in [1.82, 2.24) is 10.6 Å². The maximum atomic E-state index is 11.3. The summed E-state index contributed by atoms with van der Waals surface area (Å²) in [5.74, 6) is -0.918. The zero-order valence-corrected chi connectivity index (χ0v) is 9.12. The molecule has 86 valence electrons. The molecule has 0 saturated heterocycles. The van der Waals surface area contributed by atoms with Gasteiger partial charge in [-0.05, 0) is 13.3 Å². The van der Waals surface area contributed by atoms with Gasteiger partial charge >= 0.3 is 12.0 Å². The van der Waals surface area contributed by atoms with Crippen molar-refractivity contribution in [3.8, 4) is 0 Å². The Morgan fingerprint density at radius 2 is 2.07 bits per heavy atom. The second-order valence-corrected chi connectivity index (χ2v) is 3.35. The highest BCUT2D eigenvalue weighted by atomic mass is 16.4. The van der Waals surface area contributed by atoms with Gasteiger partial charge in [-0.2, -0.15) is 0 Å². The van der Waals surface area contributed by atoms with E-state index in [9.17, 15) is 9.59 Å². The van der Waals surface area contributed by atoms with Gasteiger partial charge in [-0.15, -0.1) is 6.58 Å². The molecule has 5 heteroatoms. The summed E-state index contributed by atoms with van der Waals surface area (Å²) in [4.78, 5) is 21.7. The number of urea groups is 1. The molecule has 0 aromatic carbocycles. The molecule has 0 aromatic rings. The number of carbonyl (C=O) groups excluding carboxylic acids is 1. The zero-order valence-electron chi connectivity index (χ0n) is 9.12. The van der Waals surface area contributed by atoms with Crippen LogP contribution in [0.25, 0.3) is 0 Å². The van der Waals surface area contributed by atoms with E-state index >= 15 is 0 Å². The van der Waals surface area contributed by atoms with E-state index in [1.807, 2.05) is 6.92 Å². The number of nitrogens with one attached hydrogen (secondary N) is 2. The molecule has 3 N–H and O–H groups in total. The molecule has 2 atom stereocenters. The normalized spacial score (nSPS) is 13.7. The van der Waals surface area contributed by atoms with Gasteiger partial charge in [0.1, 0.15) is 0 Å². The molecular weight excluding hydrogens is 196 g/mol. The summed E-state index contributed by atoms with van der Waals surface area (Å²) in [6, 6.07) is -0.831. The Kier molecular flexibility index (Phi) is 6.17. The number of aliphatic carboxylic acids is 1. The van der Waals surface area contributed by atoms with E-state index in [2.05, 4.69) is 17.2 Å². The van der Waals surface area contributed by atoms with Crippen molar-refractivity contribution in [3.63, 3.8) is 0 Å². The van der Waals surface area contributed by atoms with Crippen LogP contribution >= 0.6 is 0 Å². The predicted octanol–water partition coefficient (Wildman–Crippen LogP) is 1.11. The van der Waals surface area contributed by atoms with E-state index in [1.54, 1.807) is 13.0 Å². The van der Waals surface area contributed by atoms with Gasteiger partial charge in [-0.3, -0.25) is 4.79 Å². The SMILES string of the molecule is C=CC(C)NC(=O)NC(CC)CC(=O)O. The molecule has 0 radical (unpaired) electrons. The van der Waals surface area contributed by atoms with Gasteiger partial charge in [0.25, 0.3) is 0 Å². The van der Waals surface area contributed by atoms with Gasteiger partial charge in [0.05, 0.1) is 6.42 Å². The third-order valence-electron chi connectivity index (χ3n) is 1.96. The second kappa shape index (κ2) is 6.86. The lowest BCUT2D eigenvalue weighted by molar-refractivity contribution is -0.137. The van der Waals surface area contributed by atoms with Crippen molar-refractivity contribution in [3.05, 3.63) is 12.7 Å². The minimum atomic E-state index is -0.918. The molecule has 0 aliphatic rings. The van der Waals surface area contributed by atoms with Gasteiger partial charge in [-0.25, -0.2) is 4.79 Å². The molecule has 0 heterocycles. The number of amides is 2. The highest BCUT2D eigenvalue weighted by molar-refractivity contribution is 5.76. The quantitative estimate of drug-likeness (QED) is 0.579. The largest absolute Gasteiger partial charge is 0.481 e. The summed E-state index contributed by atoms with van der Waals surface area (Å²) < 4.78 is 0. The van der Waals surface area contributed by atoms with Crippen LogP contribution in [-0.2, 0) is 4.79 Å². The minimum Gasteiger partial charge on any atom is -0.481 e. The first kappa shape index (κ1) is 13.5. The van der Waals surface area contributed by atoms with Gasteiger partial charge in [0.15, 0.2) is 0 Å². The number of carboxylic acids is 1. The number of carbonyl (C=O) groups is 2. The van der Waals surface area contributed by atoms with Crippen molar-refractivity contribution in [2.45, 2.75) is 38.8 Å². The van der Waals surface area contributed by atoms with E-state index in [1.165, 1.54) is 0 Å². The van der Waals surface area contributed by atoms with Crippen molar-refractivity contribution in [2.75, 3.05) is 0 Å². The number of rotatable bonds is 6. The summed E-state index contributed by atoms with van der Waals surface area (Å²) in [5.41, 5.74) is 0. The number of carboxylic acid groups (broad SMARTS) is 1. The lowest BCUT2D eigenvalue weighted by atomic mass is 10.1. The van der Waals surface area contributed by atoms with Crippen molar-refractivity contribution in [2.24, 2.45) is 0 Å². The first-order valence-electron chi connectivity index (χ1n) is 4.91. The number of hydrogen-bond acceptors (Lipinski definition) is 2. The minimum absolute atomic E-state index is 0.0631. The molecule has 0 spiro atoms. The third-order valence-corrected chi connectivity index (χ3v) is 1.96. The van der Waals surface area contributed by atoms with Gasteiger partial charge in [0, 0.05) is 12.1 Å². The molecule has 0 fully saturated rings. The maximum absolute atomic E-state index is 11.3. The molecule has 0 aliphatic heterocycles. The molecule has 0 aromatic heterocycles. The molecule has 2 unspecified atom stereocenters. The predicted molar refractivity (Wildman–Crippen MR) is 57.7 cm³/mol. The Hall–Kier alpha value is -1.52. The van der Waals surface area contributed by atoms with E-state index in [4.69, 9.17) is 5.11 Å². The molecule has 15 heavy (non-hydrogen) atoms. The Balaban J connectivity index is 4.00. The summed E-state index contributed by atoms with van der Waals surface area (Å²) in [6.45, 7) is 7.13. The van der Waals surface area contributed by atoms with Crippen LogP contribution in [0.3, 0.4) is 0 Å². The first-order valence-corrected chi connectivity index (χ1v) is 4.91. The standard InChI is InChI=1S/C10H18N2O3/c1-4-7(3)11-10(15)12-8(5-2)6-9(13)14/h4,7-8H,1,5-6H2,2-3H3,(H,13,14)(H2,11,12,15). The maximum Gasteiger partial charge on any atom is 0.315 e. The van der Waals surface area contributed by atoms with Crippen LogP contribution in [0.5, 0.6) is 0 Å². The fourth-order valence-corrected chi connectivity index (χ4v) is 1.00. The van der Waals surface area contributed by atoms with Crippen LogP contribution in [0.15, 0.2) is 12.7 Å². The van der Waals surface area contributed by atoms with Crippen LogP contribution in [0.2, 0.25) is 0 Å². The fourth-order valence-electron chi connectivity index (χ4n) is 1.00. The smallest absolute Gasteiger partial charge is 0.315 e. The van der Waals surface area contributed by atoms with Crippen molar-refractivity contribution < 1.29 is 14.7 Å². The average molecular weight is 214 g/mol. The lowest BCUT2D eigenvalue weighted by Gasteiger charge is -2.17. The van der Waals surface area contributed by atoms with Crippen LogP contribution in [0.1, 0.15) is 26.7 Å². The molecule has 5 nitrogen and oxygen atoms in total. The monoisotopic (exact) mass is 214 g/mol. The molecule has 0 rings (SSSR count). The van der Waals surface area contributed by atoms with Gasteiger partial charge in [-0.1, -0.05) is 13.0 Å². The van der Waals surface area contributed by atoms with Crippen molar-refractivity contribution >= 4 is 12.0 Å². The fraction of sp³-hybridized carbons (Fsp3) is 0.600. The van der Waals surface area contributed by atoms with Crippen LogP contribution in [0, 0.1) is 0 Å². The van der Waals surface area contributed by atoms with E-state index in [-0.39, 0.29) is 24.5 Å². The first-order chi connectivity index (χ1) is 6.99. The van der Waals surface area contributed by atoms with Crippen molar-refractivity contribution in [1.29, 1.82) is 0 Å². The third kappa shape index (κ3) is 6.54. The zero-order chi connectivity index (χ0) is 11.8. The van der Waals surface area contributed by atoms with Gasteiger partial charge < -0.3 is 15.7 Å². The summed E-state index contributed by atoms with van der Waals surface area (Å²) >= 11 is 0.